The number of hydrogen-bond acceptors (Lipinski definition) is 1. The van der Waals surface area contributed by atoms with Crippen LogP contribution in [0.3, 0.4) is 0 Å². The molecule has 1 fully saturated rings. The van der Waals surface area contributed by atoms with Crippen molar-refractivity contribution in [3.63, 3.8) is 0 Å². The van der Waals surface area contributed by atoms with Crippen LogP contribution >= 0.6 is 0 Å². The lowest BCUT2D eigenvalue weighted by molar-refractivity contribution is 0.267. The molecular formula is C12H20N2. The van der Waals surface area contributed by atoms with Crippen LogP contribution in [-0.4, -0.2) is 9.97 Å². The van der Waals surface area contributed by atoms with E-state index in [4.69, 9.17) is 0 Å². The summed E-state index contributed by atoms with van der Waals surface area (Å²) in [4.78, 5) is 7.26. The van der Waals surface area contributed by atoms with Gasteiger partial charge in [0, 0.05) is 11.9 Å². The van der Waals surface area contributed by atoms with Crippen molar-refractivity contribution in [1.29, 1.82) is 0 Å². The van der Waals surface area contributed by atoms with E-state index in [1.807, 2.05) is 6.20 Å². The van der Waals surface area contributed by atoms with Gasteiger partial charge in [-0.1, -0.05) is 26.2 Å². The molecule has 0 spiro atoms. The second-order valence-corrected chi connectivity index (χ2v) is 4.58. The van der Waals surface area contributed by atoms with Crippen LogP contribution in [0.1, 0.15) is 44.7 Å². The Kier molecular flexibility index (Phi) is 3.22. The molecule has 0 amide bonds. The molecule has 2 nitrogen and oxygen atoms in total. The zero-order valence-corrected chi connectivity index (χ0v) is 9.00. The molecule has 2 heteroatoms. The summed E-state index contributed by atoms with van der Waals surface area (Å²) < 4.78 is 0. The fraction of sp³-hybridized carbons (Fsp3) is 0.750. The zero-order chi connectivity index (χ0) is 9.80. The SMILES string of the molecule is CCC1CCC(Cc2cnc[nH]2)CC1. The van der Waals surface area contributed by atoms with Crippen LogP contribution in [0.2, 0.25) is 0 Å². The maximum absolute atomic E-state index is 4.06. The van der Waals surface area contributed by atoms with Gasteiger partial charge in [-0.2, -0.15) is 0 Å². The highest BCUT2D eigenvalue weighted by Gasteiger charge is 2.20. The first-order valence-corrected chi connectivity index (χ1v) is 5.85. The Balaban J connectivity index is 1.79. The molecule has 0 radical (unpaired) electrons. The van der Waals surface area contributed by atoms with E-state index in [-0.39, 0.29) is 0 Å². The van der Waals surface area contributed by atoms with Crippen molar-refractivity contribution in [1.82, 2.24) is 9.97 Å². The van der Waals surface area contributed by atoms with Crippen molar-refractivity contribution in [2.75, 3.05) is 0 Å². The maximum atomic E-state index is 4.06. The van der Waals surface area contributed by atoms with Crippen LogP contribution in [0.25, 0.3) is 0 Å². The van der Waals surface area contributed by atoms with Crippen molar-refractivity contribution in [2.45, 2.75) is 45.4 Å². The van der Waals surface area contributed by atoms with Crippen LogP contribution in [0, 0.1) is 11.8 Å². The lowest BCUT2D eigenvalue weighted by Crippen LogP contribution is -2.15. The molecule has 1 aliphatic rings. The molecule has 2 rings (SSSR count). The Morgan fingerprint density at radius 2 is 2.00 bits per heavy atom. The normalized spacial score (nSPS) is 27.8. The average molecular weight is 192 g/mol. The molecule has 1 aromatic rings. The lowest BCUT2D eigenvalue weighted by atomic mass is 9.79. The maximum Gasteiger partial charge on any atom is 0.0921 e. The first kappa shape index (κ1) is 9.75. The number of hydrogen-bond donors (Lipinski definition) is 1. The molecule has 1 aliphatic carbocycles. The van der Waals surface area contributed by atoms with Gasteiger partial charge >= 0.3 is 0 Å². The summed E-state index contributed by atoms with van der Waals surface area (Å²) in [7, 11) is 0. The molecule has 0 saturated heterocycles. The summed E-state index contributed by atoms with van der Waals surface area (Å²) in [6.45, 7) is 2.32. The molecule has 0 bridgehead atoms. The molecule has 14 heavy (non-hydrogen) atoms. The molecule has 0 atom stereocenters. The summed E-state index contributed by atoms with van der Waals surface area (Å²) in [6, 6.07) is 0. The fourth-order valence-electron chi connectivity index (χ4n) is 2.55. The van der Waals surface area contributed by atoms with Gasteiger partial charge in [0.15, 0.2) is 0 Å². The number of imidazole rings is 1. The Labute approximate surface area is 86.1 Å². The number of aromatic amines is 1. The van der Waals surface area contributed by atoms with Crippen molar-refractivity contribution in [2.24, 2.45) is 11.8 Å². The minimum absolute atomic E-state index is 0.901. The van der Waals surface area contributed by atoms with E-state index in [0.29, 0.717) is 0 Å². The van der Waals surface area contributed by atoms with E-state index >= 15 is 0 Å². The quantitative estimate of drug-likeness (QED) is 0.783. The van der Waals surface area contributed by atoms with E-state index in [0.717, 1.165) is 11.8 Å². The van der Waals surface area contributed by atoms with Crippen molar-refractivity contribution >= 4 is 0 Å². The zero-order valence-electron chi connectivity index (χ0n) is 9.00. The molecule has 78 valence electrons. The topological polar surface area (TPSA) is 28.7 Å². The lowest BCUT2D eigenvalue weighted by Gasteiger charge is -2.27. The molecule has 1 aromatic heterocycles. The third kappa shape index (κ3) is 2.37. The molecule has 0 aromatic carbocycles. The van der Waals surface area contributed by atoms with Gasteiger partial charge in [0.1, 0.15) is 0 Å². The summed E-state index contributed by atoms with van der Waals surface area (Å²) in [6.07, 6.45) is 12.0. The Morgan fingerprint density at radius 1 is 1.29 bits per heavy atom. The highest BCUT2D eigenvalue weighted by molar-refractivity contribution is 4.96. The molecule has 0 aliphatic heterocycles. The summed E-state index contributed by atoms with van der Waals surface area (Å²) in [5, 5.41) is 0. The average Bonchev–Trinajstić information content (AvgIpc) is 2.72. The van der Waals surface area contributed by atoms with Gasteiger partial charge in [0.05, 0.1) is 6.33 Å². The highest BCUT2D eigenvalue weighted by atomic mass is 14.9. The standard InChI is InChI=1S/C12H20N2/c1-2-10-3-5-11(6-4-10)7-12-8-13-9-14-12/h8-11H,2-7H2,1H3,(H,13,14). The Morgan fingerprint density at radius 3 is 2.57 bits per heavy atom. The molecular weight excluding hydrogens is 172 g/mol. The van der Waals surface area contributed by atoms with E-state index in [1.165, 1.54) is 44.2 Å². The van der Waals surface area contributed by atoms with E-state index in [1.54, 1.807) is 6.33 Å². The van der Waals surface area contributed by atoms with Crippen LogP contribution in [-0.2, 0) is 6.42 Å². The van der Waals surface area contributed by atoms with Gasteiger partial charge in [-0.05, 0) is 31.1 Å². The van der Waals surface area contributed by atoms with Gasteiger partial charge in [0.2, 0.25) is 0 Å². The second-order valence-electron chi connectivity index (χ2n) is 4.58. The predicted molar refractivity (Wildman–Crippen MR) is 58.0 cm³/mol. The summed E-state index contributed by atoms with van der Waals surface area (Å²) >= 11 is 0. The minimum Gasteiger partial charge on any atom is -0.348 e. The number of aromatic nitrogens is 2. The van der Waals surface area contributed by atoms with Crippen molar-refractivity contribution in [3.8, 4) is 0 Å². The van der Waals surface area contributed by atoms with Crippen molar-refractivity contribution < 1.29 is 0 Å². The van der Waals surface area contributed by atoms with Crippen LogP contribution in [0.5, 0.6) is 0 Å². The molecule has 0 unspecified atom stereocenters. The van der Waals surface area contributed by atoms with Gasteiger partial charge in [-0.3, -0.25) is 0 Å². The smallest absolute Gasteiger partial charge is 0.0921 e. The fourth-order valence-corrected chi connectivity index (χ4v) is 2.55. The molecule has 1 heterocycles. The largest absolute Gasteiger partial charge is 0.348 e. The van der Waals surface area contributed by atoms with E-state index in [9.17, 15) is 0 Å². The third-order valence-corrected chi connectivity index (χ3v) is 3.61. The number of H-pyrrole nitrogens is 1. The minimum atomic E-state index is 0.901. The van der Waals surface area contributed by atoms with E-state index in [2.05, 4.69) is 16.9 Å². The van der Waals surface area contributed by atoms with Gasteiger partial charge in [0.25, 0.3) is 0 Å². The Hall–Kier alpha value is -0.790. The summed E-state index contributed by atoms with van der Waals surface area (Å²) in [5.41, 5.74) is 1.31. The highest BCUT2D eigenvalue weighted by Crippen LogP contribution is 2.32. The second kappa shape index (κ2) is 4.63. The number of nitrogens with zero attached hydrogens (tertiary/aromatic N) is 1. The van der Waals surface area contributed by atoms with Gasteiger partial charge in [-0.15, -0.1) is 0 Å². The number of nitrogens with one attached hydrogen (secondary N) is 1. The third-order valence-electron chi connectivity index (χ3n) is 3.61. The van der Waals surface area contributed by atoms with Crippen LogP contribution in [0.15, 0.2) is 12.5 Å². The van der Waals surface area contributed by atoms with E-state index < -0.39 is 0 Å². The van der Waals surface area contributed by atoms with Crippen LogP contribution < -0.4 is 0 Å². The predicted octanol–water partition coefficient (Wildman–Crippen LogP) is 3.17. The monoisotopic (exact) mass is 192 g/mol. The first-order chi connectivity index (χ1) is 6.88. The van der Waals surface area contributed by atoms with Gasteiger partial charge < -0.3 is 4.98 Å². The van der Waals surface area contributed by atoms with Crippen molar-refractivity contribution in [3.05, 3.63) is 18.2 Å². The first-order valence-electron chi connectivity index (χ1n) is 5.85. The van der Waals surface area contributed by atoms with Gasteiger partial charge in [-0.25, -0.2) is 4.98 Å². The molecule has 1 N–H and O–H groups in total. The van der Waals surface area contributed by atoms with Crippen LogP contribution in [0.4, 0.5) is 0 Å². The Bertz CT molecular complexity index is 245. The summed E-state index contributed by atoms with van der Waals surface area (Å²) in [5.74, 6) is 1.91. The number of rotatable bonds is 3. The molecule has 1 saturated carbocycles.